The molecule has 0 aromatic rings. The number of carbonyl (C=O) groups is 3. The van der Waals surface area contributed by atoms with Crippen molar-refractivity contribution >= 4 is 17.9 Å². The first-order valence-corrected chi connectivity index (χ1v) is 35.4. The lowest BCUT2D eigenvalue weighted by molar-refractivity contribution is -0.167. The number of ether oxygens (including phenoxy) is 3. The van der Waals surface area contributed by atoms with Gasteiger partial charge in [0.2, 0.25) is 0 Å². The largest absolute Gasteiger partial charge is 0.462 e. The van der Waals surface area contributed by atoms with Crippen LogP contribution < -0.4 is 0 Å². The van der Waals surface area contributed by atoms with Gasteiger partial charge in [-0.2, -0.15) is 0 Å². The molecular formula is C77H132O6. The topological polar surface area (TPSA) is 78.9 Å². The monoisotopic (exact) mass is 1150 g/mol. The molecule has 476 valence electrons. The molecule has 0 heterocycles. The van der Waals surface area contributed by atoms with Crippen molar-refractivity contribution < 1.29 is 28.6 Å². The number of hydrogen-bond acceptors (Lipinski definition) is 6. The van der Waals surface area contributed by atoms with Gasteiger partial charge in [-0.25, -0.2) is 0 Å². The molecule has 6 nitrogen and oxygen atoms in total. The van der Waals surface area contributed by atoms with E-state index in [4.69, 9.17) is 14.2 Å². The van der Waals surface area contributed by atoms with E-state index in [1.807, 2.05) is 0 Å². The molecule has 0 amide bonds. The van der Waals surface area contributed by atoms with Crippen LogP contribution in [0.5, 0.6) is 0 Å². The SMILES string of the molecule is CC/C=C\C/C=C\C/C=C\C/C=C\C/C=C\C/C=C\C/C=C\CCCCCCCCCCCCCCCC(=O)OCC(COC(=O)CCCCCCCCCCCCCC)OC(=O)CCCCCCCCC/C=C\C/C=C\CCCCCC. The highest BCUT2D eigenvalue weighted by molar-refractivity contribution is 5.71. The first kappa shape index (κ1) is 79.1. The highest BCUT2D eigenvalue weighted by atomic mass is 16.6. The quantitative estimate of drug-likeness (QED) is 0.0261. The van der Waals surface area contributed by atoms with Crippen molar-refractivity contribution in [3.8, 4) is 0 Å². The van der Waals surface area contributed by atoms with E-state index in [1.54, 1.807) is 0 Å². The van der Waals surface area contributed by atoms with Crippen LogP contribution in [0, 0.1) is 0 Å². The third-order valence-electron chi connectivity index (χ3n) is 15.3. The van der Waals surface area contributed by atoms with Gasteiger partial charge in [0.25, 0.3) is 0 Å². The number of carbonyl (C=O) groups excluding carboxylic acids is 3. The number of rotatable bonds is 64. The Bertz CT molecular complexity index is 1660. The van der Waals surface area contributed by atoms with Crippen LogP contribution >= 0.6 is 0 Å². The summed E-state index contributed by atoms with van der Waals surface area (Å²) in [6.45, 7) is 6.53. The smallest absolute Gasteiger partial charge is 0.306 e. The zero-order chi connectivity index (χ0) is 59.9. The predicted molar refractivity (Wildman–Crippen MR) is 362 cm³/mol. The summed E-state index contributed by atoms with van der Waals surface area (Å²) in [7, 11) is 0. The van der Waals surface area contributed by atoms with Crippen LogP contribution in [0.1, 0.15) is 342 Å². The zero-order valence-electron chi connectivity index (χ0n) is 54.7. The number of hydrogen-bond donors (Lipinski definition) is 0. The first-order valence-electron chi connectivity index (χ1n) is 35.4. The van der Waals surface area contributed by atoms with Gasteiger partial charge in [-0.1, -0.05) is 323 Å². The Hall–Kier alpha value is -3.93. The molecule has 0 radical (unpaired) electrons. The first-order chi connectivity index (χ1) is 41.0. The van der Waals surface area contributed by atoms with E-state index in [9.17, 15) is 14.4 Å². The van der Waals surface area contributed by atoms with Gasteiger partial charge in [-0.3, -0.25) is 14.4 Å². The summed E-state index contributed by atoms with van der Waals surface area (Å²) >= 11 is 0. The highest BCUT2D eigenvalue weighted by Gasteiger charge is 2.19. The van der Waals surface area contributed by atoms with Gasteiger partial charge < -0.3 is 14.2 Å². The minimum atomic E-state index is -0.781. The lowest BCUT2D eigenvalue weighted by Crippen LogP contribution is -2.30. The Morgan fingerprint density at radius 3 is 0.747 bits per heavy atom. The molecule has 0 fully saturated rings. The second-order valence-electron chi connectivity index (χ2n) is 23.4. The maximum absolute atomic E-state index is 12.9. The van der Waals surface area contributed by atoms with Crippen LogP contribution in [0.25, 0.3) is 0 Å². The fourth-order valence-corrected chi connectivity index (χ4v) is 9.99. The van der Waals surface area contributed by atoms with Gasteiger partial charge in [0, 0.05) is 19.3 Å². The molecule has 0 rings (SSSR count). The summed E-state index contributed by atoms with van der Waals surface area (Å²) < 4.78 is 17.0. The van der Waals surface area contributed by atoms with Crippen molar-refractivity contribution in [3.63, 3.8) is 0 Å². The normalized spacial score (nSPS) is 12.8. The van der Waals surface area contributed by atoms with Gasteiger partial charge in [0.05, 0.1) is 0 Å². The average molecular weight is 1150 g/mol. The summed E-state index contributed by atoms with van der Waals surface area (Å²) in [6.07, 6.45) is 96.9. The average Bonchev–Trinajstić information content (AvgIpc) is 3.49. The molecule has 0 bridgehead atoms. The van der Waals surface area contributed by atoms with E-state index >= 15 is 0 Å². The lowest BCUT2D eigenvalue weighted by atomic mass is 10.0. The van der Waals surface area contributed by atoms with Crippen molar-refractivity contribution in [1.82, 2.24) is 0 Å². The third-order valence-corrected chi connectivity index (χ3v) is 15.3. The van der Waals surface area contributed by atoms with Crippen molar-refractivity contribution in [2.45, 2.75) is 348 Å². The summed E-state index contributed by atoms with van der Waals surface area (Å²) in [5.41, 5.74) is 0. The maximum Gasteiger partial charge on any atom is 0.306 e. The van der Waals surface area contributed by atoms with Crippen molar-refractivity contribution in [1.29, 1.82) is 0 Å². The van der Waals surface area contributed by atoms with Crippen LogP contribution in [0.15, 0.2) is 109 Å². The minimum Gasteiger partial charge on any atom is -0.462 e. The Labute approximate surface area is 514 Å². The molecule has 1 atom stereocenters. The Morgan fingerprint density at radius 1 is 0.253 bits per heavy atom. The van der Waals surface area contributed by atoms with E-state index in [2.05, 4.69) is 130 Å². The Morgan fingerprint density at radius 2 is 0.470 bits per heavy atom. The summed E-state index contributed by atoms with van der Waals surface area (Å²) in [5, 5.41) is 0. The van der Waals surface area contributed by atoms with Crippen LogP contribution in [-0.4, -0.2) is 37.2 Å². The van der Waals surface area contributed by atoms with Crippen molar-refractivity contribution in [3.05, 3.63) is 109 Å². The van der Waals surface area contributed by atoms with Gasteiger partial charge in [-0.05, 0) is 109 Å². The fourth-order valence-electron chi connectivity index (χ4n) is 9.99. The van der Waals surface area contributed by atoms with E-state index in [-0.39, 0.29) is 31.1 Å². The molecule has 0 spiro atoms. The summed E-state index contributed by atoms with van der Waals surface area (Å²) in [6, 6.07) is 0. The Kier molecular flexibility index (Phi) is 67.2. The van der Waals surface area contributed by atoms with E-state index < -0.39 is 6.10 Å². The molecular weight excluding hydrogens is 1020 g/mol. The molecule has 0 aliphatic heterocycles. The fraction of sp³-hybridized carbons (Fsp3) is 0.727. The zero-order valence-corrected chi connectivity index (χ0v) is 54.7. The standard InChI is InChI=1S/C77H132O6/c1-4-7-10-13-16-19-22-25-27-29-31-32-33-34-35-36-37-38-39-40-41-42-43-44-45-46-47-49-50-52-55-58-61-64-67-70-76(79)82-73-74(72-81-75(78)69-66-63-60-57-54-24-21-18-15-12-9-6-3)83-77(80)71-68-65-62-59-56-53-51-48-30-28-26-23-20-17-14-11-8-5-2/h7,10,16,19-20,23,25,27-28,30-32,34-35,37-38,40-41,74H,4-6,8-9,11-15,17-18,21-22,24,26,29,33,36,39,42-73H2,1-3H3/b10-7-,19-16-,23-20-,27-25-,30-28-,32-31-,35-34-,38-37-,41-40-. The molecule has 0 N–H and O–H groups in total. The predicted octanol–water partition coefficient (Wildman–Crippen LogP) is 24.6. The van der Waals surface area contributed by atoms with Gasteiger partial charge in [0.15, 0.2) is 6.10 Å². The summed E-state index contributed by atoms with van der Waals surface area (Å²) in [4.78, 5) is 38.4. The van der Waals surface area contributed by atoms with E-state index in [0.717, 1.165) is 116 Å². The maximum atomic E-state index is 12.9. The Balaban J connectivity index is 4.19. The molecule has 0 aliphatic carbocycles. The van der Waals surface area contributed by atoms with Crippen LogP contribution in [0.4, 0.5) is 0 Å². The number of unbranched alkanes of at least 4 members (excludes halogenated alkanes) is 35. The molecule has 0 saturated heterocycles. The van der Waals surface area contributed by atoms with Gasteiger partial charge >= 0.3 is 17.9 Å². The van der Waals surface area contributed by atoms with Crippen LogP contribution in [0.2, 0.25) is 0 Å². The van der Waals surface area contributed by atoms with E-state index in [1.165, 1.54) is 186 Å². The van der Waals surface area contributed by atoms with Gasteiger partial charge in [-0.15, -0.1) is 0 Å². The van der Waals surface area contributed by atoms with Crippen LogP contribution in [-0.2, 0) is 28.6 Å². The second-order valence-corrected chi connectivity index (χ2v) is 23.4. The second kappa shape index (κ2) is 70.6. The number of esters is 3. The molecule has 0 aromatic carbocycles. The third kappa shape index (κ3) is 68.7. The molecule has 1 unspecified atom stereocenters. The summed E-state index contributed by atoms with van der Waals surface area (Å²) in [5.74, 6) is -0.872. The highest BCUT2D eigenvalue weighted by Crippen LogP contribution is 2.17. The van der Waals surface area contributed by atoms with Crippen molar-refractivity contribution in [2.24, 2.45) is 0 Å². The number of allylic oxidation sites excluding steroid dienone is 18. The molecule has 83 heavy (non-hydrogen) atoms. The molecule has 0 aliphatic rings. The lowest BCUT2D eigenvalue weighted by Gasteiger charge is -2.18. The van der Waals surface area contributed by atoms with Crippen LogP contribution in [0.3, 0.4) is 0 Å². The molecule has 0 aromatic heterocycles. The van der Waals surface area contributed by atoms with Crippen molar-refractivity contribution in [2.75, 3.05) is 13.2 Å². The molecule has 6 heteroatoms. The van der Waals surface area contributed by atoms with E-state index in [0.29, 0.717) is 19.3 Å². The minimum absolute atomic E-state index is 0.0771. The van der Waals surface area contributed by atoms with Gasteiger partial charge in [0.1, 0.15) is 13.2 Å². The molecule has 0 saturated carbocycles.